The first kappa shape index (κ1) is 12.0. The van der Waals surface area contributed by atoms with Gasteiger partial charge in [-0.2, -0.15) is 0 Å². The number of hydrogen-bond acceptors (Lipinski definition) is 1. The van der Waals surface area contributed by atoms with Gasteiger partial charge in [-0.1, -0.05) is 39.5 Å². The van der Waals surface area contributed by atoms with Crippen LogP contribution >= 0.6 is 0 Å². The highest BCUT2D eigenvalue weighted by molar-refractivity contribution is 4.72. The van der Waals surface area contributed by atoms with Crippen LogP contribution in [0.3, 0.4) is 0 Å². The maximum Gasteiger partial charge on any atom is 0.00643 e. The van der Waals surface area contributed by atoms with Crippen molar-refractivity contribution in [2.45, 2.75) is 65.3 Å². The maximum absolute atomic E-state index is 3.70. The molecule has 1 nitrogen and oxygen atoms in total. The van der Waals surface area contributed by atoms with Crippen molar-refractivity contribution < 1.29 is 0 Å². The van der Waals surface area contributed by atoms with Crippen LogP contribution in [-0.2, 0) is 0 Å². The summed E-state index contributed by atoms with van der Waals surface area (Å²) in [6, 6.07) is 0.696. The van der Waals surface area contributed by atoms with Crippen LogP contribution in [0.25, 0.3) is 0 Å². The summed E-state index contributed by atoms with van der Waals surface area (Å²) in [5, 5.41) is 3.70. The number of hydrogen-bond donors (Lipinski definition) is 1. The van der Waals surface area contributed by atoms with Crippen LogP contribution in [0.4, 0.5) is 0 Å². The molecule has 0 heterocycles. The zero-order valence-electron chi connectivity index (χ0n) is 10.2. The van der Waals surface area contributed by atoms with Crippen molar-refractivity contribution in [3.05, 3.63) is 0 Å². The first-order valence-corrected chi connectivity index (χ1v) is 6.47. The molecule has 14 heavy (non-hydrogen) atoms. The summed E-state index contributed by atoms with van der Waals surface area (Å²) in [5.41, 5.74) is 0. The molecule has 0 bridgehead atoms. The largest absolute Gasteiger partial charge is 0.314 e. The van der Waals surface area contributed by atoms with Crippen molar-refractivity contribution in [1.29, 1.82) is 0 Å². The van der Waals surface area contributed by atoms with E-state index in [2.05, 4.69) is 26.1 Å². The lowest BCUT2D eigenvalue weighted by Gasteiger charge is -2.26. The predicted octanol–water partition coefficient (Wildman–Crippen LogP) is 3.59. The minimum Gasteiger partial charge on any atom is -0.314 e. The van der Waals surface area contributed by atoms with E-state index in [0.717, 1.165) is 11.8 Å². The normalized spacial score (nSPS) is 23.4. The van der Waals surface area contributed by atoms with E-state index in [9.17, 15) is 0 Å². The van der Waals surface area contributed by atoms with Crippen molar-refractivity contribution in [2.75, 3.05) is 6.54 Å². The molecule has 0 saturated heterocycles. The van der Waals surface area contributed by atoms with Crippen LogP contribution in [0.1, 0.15) is 59.3 Å². The van der Waals surface area contributed by atoms with E-state index < -0.39 is 0 Å². The van der Waals surface area contributed by atoms with Crippen LogP contribution in [0.15, 0.2) is 0 Å². The summed E-state index contributed by atoms with van der Waals surface area (Å²) in [4.78, 5) is 0. The van der Waals surface area contributed by atoms with Gasteiger partial charge in [0, 0.05) is 6.04 Å². The van der Waals surface area contributed by atoms with Crippen molar-refractivity contribution in [3.63, 3.8) is 0 Å². The van der Waals surface area contributed by atoms with Gasteiger partial charge >= 0.3 is 0 Å². The Labute approximate surface area is 89.7 Å². The van der Waals surface area contributed by atoms with E-state index in [0.29, 0.717) is 6.04 Å². The molecule has 1 heteroatoms. The lowest BCUT2D eigenvalue weighted by Crippen LogP contribution is -2.36. The second kappa shape index (κ2) is 6.44. The Morgan fingerprint density at radius 2 is 1.79 bits per heavy atom. The van der Waals surface area contributed by atoms with Crippen LogP contribution in [-0.4, -0.2) is 12.6 Å². The van der Waals surface area contributed by atoms with E-state index in [1.807, 2.05) is 0 Å². The molecule has 1 aliphatic carbocycles. The second-order valence-corrected chi connectivity index (χ2v) is 5.09. The summed E-state index contributed by atoms with van der Waals surface area (Å²) in [6.07, 6.45) is 8.60. The van der Waals surface area contributed by atoms with Crippen molar-refractivity contribution in [2.24, 2.45) is 11.8 Å². The molecule has 1 aliphatic rings. The molecule has 0 aromatic rings. The molecule has 2 unspecified atom stereocenters. The van der Waals surface area contributed by atoms with E-state index in [-0.39, 0.29) is 0 Å². The van der Waals surface area contributed by atoms with E-state index >= 15 is 0 Å². The zero-order valence-corrected chi connectivity index (χ0v) is 10.2. The third kappa shape index (κ3) is 4.00. The summed E-state index contributed by atoms with van der Waals surface area (Å²) in [5.74, 6) is 1.79. The average Bonchev–Trinajstić information content (AvgIpc) is 2.26. The molecule has 1 fully saturated rings. The van der Waals surface area contributed by atoms with Gasteiger partial charge in [-0.25, -0.2) is 0 Å². The van der Waals surface area contributed by atoms with Crippen LogP contribution < -0.4 is 5.32 Å². The third-order valence-electron chi connectivity index (χ3n) is 3.95. The Balaban J connectivity index is 2.12. The molecule has 0 aliphatic heterocycles. The molecular weight excluding hydrogens is 170 g/mol. The Kier molecular flexibility index (Phi) is 5.54. The molecule has 0 spiro atoms. The fourth-order valence-corrected chi connectivity index (χ4v) is 2.30. The highest BCUT2D eigenvalue weighted by Gasteiger charge is 2.15. The highest BCUT2D eigenvalue weighted by atomic mass is 14.9. The second-order valence-electron chi connectivity index (χ2n) is 5.09. The molecule has 0 aromatic carbocycles. The van der Waals surface area contributed by atoms with Crippen molar-refractivity contribution in [3.8, 4) is 0 Å². The molecular formula is C13H27N. The minimum atomic E-state index is 0.696. The summed E-state index contributed by atoms with van der Waals surface area (Å²) >= 11 is 0. The van der Waals surface area contributed by atoms with Crippen LogP contribution in [0.5, 0.6) is 0 Å². The summed E-state index contributed by atoms with van der Waals surface area (Å²) < 4.78 is 0. The Morgan fingerprint density at radius 1 is 1.14 bits per heavy atom. The molecule has 1 saturated carbocycles. The minimum absolute atomic E-state index is 0.696. The van der Waals surface area contributed by atoms with E-state index in [4.69, 9.17) is 0 Å². The molecule has 0 amide bonds. The molecule has 0 radical (unpaired) electrons. The van der Waals surface area contributed by atoms with Gasteiger partial charge in [0.05, 0.1) is 0 Å². The average molecular weight is 197 g/mol. The van der Waals surface area contributed by atoms with Gasteiger partial charge in [0.1, 0.15) is 0 Å². The van der Waals surface area contributed by atoms with Crippen LogP contribution in [0.2, 0.25) is 0 Å². The van der Waals surface area contributed by atoms with Gasteiger partial charge in [0.15, 0.2) is 0 Å². The van der Waals surface area contributed by atoms with E-state index in [1.165, 1.54) is 45.1 Å². The van der Waals surface area contributed by atoms with Crippen LogP contribution in [0, 0.1) is 11.8 Å². The fourth-order valence-electron chi connectivity index (χ4n) is 2.30. The molecule has 1 rings (SSSR count). The number of nitrogens with one attached hydrogen (secondary N) is 1. The smallest absolute Gasteiger partial charge is 0.00643 e. The topological polar surface area (TPSA) is 12.0 Å². The lowest BCUT2D eigenvalue weighted by molar-refractivity contribution is 0.304. The van der Waals surface area contributed by atoms with Gasteiger partial charge in [-0.15, -0.1) is 0 Å². The fraction of sp³-hybridized carbons (Fsp3) is 1.00. The standard InChI is InChI=1S/C13H27N/c1-4-11(2)12(3)14-10-13-8-6-5-7-9-13/h11-14H,4-10H2,1-3H3. The van der Waals surface area contributed by atoms with E-state index in [1.54, 1.807) is 0 Å². The first-order valence-electron chi connectivity index (χ1n) is 6.47. The Hall–Kier alpha value is -0.0400. The third-order valence-corrected chi connectivity index (χ3v) is 3.95. The Morgan fingerprint density at radius 3 is 2.36 bits per heavy atom. The van der Waals surface area contributed by atoms with Gasteiger partial charge in [-0.05, 0) is 38.1 Å². The maximum atomic E-state index is 3.70. The van der Waals surface area contributed by atoms with Crippen molar-refractivity contribution >= 4 is 0 Å². The van der Waals surface area contributed by atoms with Gasteiger partial charge in [0.25, 0.3) is 0 Å². The zero-order chi connectivity index (χ0) is 10.4. The highest BCUT2D eigenvalue weighted by Crippen LogP contribution is 2.23. The predicted molar refractivity (Wildman–Crippen MR) is 63.5 cm³/mol. The molecule has 84 valence electrons. The van der Waals surface area contributed by atoms with Crippen molar-refractivity contribution in [1.82, 2.24) is 5.32 Å². The Bertz CT molecular complexity index is 136. The SMILES string of the molecule is CCC(C)C(C)NCC1CCCCC1. The van der Waals surface area contributed by atoms with Gasteiger partial charge in [-0.3, -0.25) is 0 Å². The molecule has 1 N–H and O–H groups in total. The quantitative estimate of drug-likeness (QED) is 0.710. The van der Waals surface area contributed by atoms with Gasteiger partial charge in [0.2, 0.25) is 0 Å². The number of rotatable bonds is 5. The lowest BCUT2D eigenvalue weighted by atomic mass is 9.89. The molecule has 2 atom stereocenters. The first-order chi connectivity index (χ1) is 6.74. The monoisotopic (exact) mass is 197 g/mol. The summed E-state index contributed by atoms with van der Waals surface area (Å²) in [7, 11) is 0. The molecule has 0 aromatic heterocycles. The van der Waals surface area contributed by atoms with Gasteiger partial charge < -0.3 is 5.32 Å². The summed E-state index contributed by atoms with van der Waals surface area (Å²) in [6.45, 7) is 8.21.